The van der Waals surface area contributed by atoms with E-state index in [1.165, 1.54) is 0 Å². The van der Waals surface area contributed by atoms with Crippen molar-refractivity contribution in [3.63, 3.8) is 0 Å². The molecule has 3 N–H and O–H groups in total. The average Bonchev–Trinajstić information content (AvgIpc) is 3.25. The lowest BCUT2D eigenvalue weighted by atomic mass is 10.1. The summed E-state index contributed by atoms with van der Waals surface area (Å²) in [5.41, 5.74) is 2.50. The average molecular weight is 498 g/mol. The zero-order chi connectivity index (χ0) is 22.9. The summed E-state index contributed by atoms with van der Waals surface area (Å²) in [5, 5.41) is 8.43. The van der Waals surface area contributed by atoms with Crippen LogP contribution in [-0.4, -0.2) is 24.3 Å². The van der Waals surface area contributed by atoms with Crippen LogP contribution in [0.25, 0.3) is 0 Å². The standard InChI is InChI=1S/C24H24BrN3O4/c1-2-3-14-26-22(29)17-6-4-16(5-7-17)15-27-23(30)18-8-10-19(11-9-18)28-24(31)20-12-13-21(25)32-20/h4-13H,2-3,14-15H2,1H3,(H,26,29)(H,27,30)(H,28,31). The van der Waals surface area contributed by atoms with Gasteiger partial charge in [0.05, 0.1) is 0 Å². The maximum atomic E-state index is 12.4. The van der Waals surface area contributed by atoms with Crippen molar-refractivity contribution < 1.29 is 18.8 Å². The molecule has 0 aliphatic rings. The summed E-state index contributed by atoms with van der Waals surface area (Å²) in [4.78, 5) is 36.6. The number of nitrogens with one attached hydrogen (secondary N) is 3. The number of halogens is 1. The number of hydrogen-bond donors (Lipinski definition) is 3. The molecule has 0 atom stereocenters. The molecule has 0 radical (unpaired) electrons. The van der Waals surface area contributed by atoms with Gasteiger partial charge in [-0.25, -0.2) is 0 Å². The Morgan fingerprint density at radius 1 is 0.812 bits per heavy atom. The Kier molecular flexibility index (Phi) is 8.21. The number of hydrogen-bond acceptors (Lipinski definition) is 4. The van der Waals surface area contributed by atoms with Gasteiger partial charge in [0.1, 0.15) is 0 Å². The number of amides is 3. The van der Waals surface area contributed by atoms with Crippen LogP contribution in [0.2, 0.25) is 0 Å². The molecule has 0 saturated carbocycles. The second-order valence-corrected chi connectivity index (χ2v) is 7.91. The summed E-state index contributed by atoms with van der Waals surface area (Å²) >= 11 is 3.16. The molecule has 3 aromatic rings. The Morgan fingerprint density at radius 3 is 2.03 bits per heavy atom. The number of rotatable bonds is 9. The first-order valence-electron chi connectivity index (χ1n) is 10.3. The fourth-order valence-corrected chi connectivity index (χ4v) is 3.18. The quantitative estimate of drug-likeness (QED) is 0.371. The Labute approximate surface area is 194 Å². The molecule has 166 valence electrons. The minimum atomic E-state index is -0.379. The van der Waals surface area contributed by atoms with E-state index in [0.29, 0.717) is 34.6 Å². The predicted octanol–water partition coefficient (Wildman–Crippen LogP) is 4.75. The third-order valence-electron chi connectivity index (χ3n) is 4.69. The van der Waals surface area contributed by atoms with E-state index in [9.17, 15) is 14.4 Å². The van der Waals surface area contributed by atoms with Gasteiger partial charge in [0.25, 0.3) is 17.7 Å². The molecule has 0 aliphatic heterocycles. The van der Waals surface area contributed by atoms with Crippen LogP contribution in [0.15, 0.2) is 69.8 Å². The van der Waals surface area contributed by atoms with Crippen LogP contribution in [-0.2, 0) is 6.54 Å². The van der Waals surface area contributed by atoms with Gasteiger partial charge in [0, 0.05) is 29.9 Å². The normalized spacial score (nSPS) is 10.4. The van der Waals surface area contributed by atoms with E-state index in [-0.39, 0.29) is 23.5 Å². The van der Waals surface area contributed by atoms with E-state index >= 15 is 0 Å². The van der Waals surface area contributed by atoms with Crippen molar-refractivity contribution in [3.05, 3.63) is 87.8 Å². The first-order valence-corrected chi connectivity index (χ1v) is 11.1. The molecule has 0 bridgehead atoms. The van der Waals surface area contributed by atoms with Crippen molar-refractivity contribution in [2.45, 2.75) is 26.3 Å². The second kappa shape index (κ2) is 11.3. The molecule has 0 saturated heterocycles. The van der Waals surface area contributed by atoms with Crippen LogP contribution >= 0.6 is 15.9 Å². The lowest BCUT2D eigenvalue weighted by Crippen LogP contribution is -2.24. The number of carbonyl (C=O) groups is 3. The number of furan rings is 1. The third kappa shape index (κ3) is 6.55. The minimum Gasteiger partial charge on any atom is -0.444 e. The number of benzene rings is 2. The summed E-state index contributed by atoms with van der Waals surface area (Å²) in [6.07, 6.45) is 1.98. The highest BCUT2D eigenvalue weighted by Gasteiger charge is 2.12. The van der Waals surface area contributed by atoms with Crippen LogP contribution in [0.4, 0.5) is 5.69 Å². The molecule has 2 aromatic carbocycles. The van der Waals surface area contributed by atoms with Gasteiger partial charge in [-0.3, -0.25) is 14.4 Å². The number of unbranched alkanes of at least 4 members (excludes halogenated alkanes) is 1. The molecule has 1 heterocycles. The van der Waals surface area contributed by atoms with Crippen LogP contribution < -0.4 is 16.0 Å². The van der Waals surface area contributed by atoms with E-state index in [4.69, 9.17) is 4.42 Å². The molecule has 3 rings (SSSR count). The molecule has 3 amide bonds. The zero-order valence-electron chi connectivity index (χ0n) is 17.6. The van der Waals surface area contributed by atoms with E-state index in [1.807, 2.05) is 12.1 Å². The molecule has 32 heavy (non-hydrogen) atoms. The van der Waals surface area contributed by atoms with Gasteiger partial charge in [-0.05, 0) is 76.4 Å². The first kappa shape index (κ1) is 23.3. The third-order valence-corrected chi connectivity index (χ3v) is 5.11. The van der Waals surface area contributed by atoms with Gasteiger partial charge >= 0.3 is 0 Å². The van der Waals surface area contributed by atoms with Crippen molar-refractivity contribution in [1.82, 2.24) is 10.6 Å². The highest BCUT2D eigenvalue weighted by atomic mass is 79.9. The number of carbonyl (C=O) groups excluding carboxylic acids is 3. The summed E-state index contributed by atoms with van der Waals surface area (Å²) in [7, 11) is 0. The highest BCUT2D eigenvalue weighted by Crippen LogP contribution is 2.16. The zero-order valence-corrected chi connectivity index (χ0v) is 19.2. The lowest BCUT2D eigenvalue weighted by molar-refractivity contribution is 0.0942. The molecule has 0 aliphatic carbocycles. The van der Waals surface area contributed by atoms with E-state index in [2.05, 4.69) is 38.8 Å². The van der Waals surface area contributed by atoms with Crippen molar-refractivity contribution in [2.75, 3.05) is 11.9 Å². The SMILES string of the molecule is CCCCNC(=O)c1ccc(CNC(=O)c2ccc(NC(=O)c3ccc(Br)o3)cc2)cc1. The molecule has 7 nitrogen and oxygen atoms in total. The molecule has 8 heteroatoms. The highest BCUT2D eigenvalue weighted by molar-refractivity contribution is 9.10. The second-order valence-electron chi connectivity index (χ2n) is 7.12. The largest absolute Gasteiger partial charge is 0.444 e. The van der Waals surface area contributed by atoms with Gasteiger partial charge in [-0.15, -0.1) is 0 Å². The van der Waals surface area contributed by atoms with Crippen LogP contribution in [0, 0.1) is 0 Å². The molecule has 0 unspecified atom stereocenters. The summed E-state index contributed by atoms with van der Waals surface area (Å²) < 4.78 is 5.69. The monoisotopic (exact) mass is 497 g/mol. The predicted molar refractivity (Wildman–Crippen MR) is 126 cm³/mol. The molecule has 1 aromatic heterocycles. The topological polar surface area (TPSA) is 100 Å². The van der Waals surface area contributed by atoms with Gasteiger partial charge in [-0.1, -0.05) is 25.5 Å². The maximum absolute atomic E-state index is 12.4. The van der Waals surface area contributed by atoms with E-state index < -0.39 is 0 Å². The van der Waals surface area contributed by atoms with E-state index in [1.54, 1.807) is 48.5 Å². The molecule has 0 fully saturated rings. The summed E-state index contributed by atoms with van der Waals surface area (Å²) in [6.45, 7) is 3.07. The molecular weight excluding hydrogens is 474 g/mol. The van der Waals surface area contributed by atoms with Crippen LogP contribution in [0.5, 0.6) is 0 Å². The van der Waals surface area contributed by atoms with Gasteiger partial charge in [-0.2, -0.15) is 0 Å². The maximum Gasteiger partial charge on any atom is 0.291 e. The van der Waals surface area contributed by atoms with Crippen LogP contribution in [0.1, 0.15) is 56.6 Å². The Morgan fingerprint density at radius 2 is 1.44 bits per heavy atom. The van der Waals surface area contributed by atoms with Gasteiger partial charge in [0.15, 0.2) is 10.4 Å². The Balaban J connectivity index is 1.49. The minimum absolute atomic E-state index is 0.0964. The molecule has 0 spiro atoms. The lowest BCUT2D eigenvalue weighted by Gasteiger charge is -2.08. The van der Waals surface area contributed by atoms with Gasteiger partial charge in [0.2, 0.25) is 0 Å². The van der Waals surface area contributed by atoms with Gasteiger partial charge < -0.3 is 20.4 Å². The Bertz CT molecular complexity index is 1080. The fourth-order valence-electron chi connectivity index (χ4n) is 2.87. The van der Waals surface area contributed by atoms with Crippen LogP contribution in [0.3, 0.4) is 0 Å². The summed E-state index contributed by atoms with van der Waals surface area (Å²) in [5.74, 6) is -0.529. The van der Waals surface area contributed by atoms with E-state index in [0.717, 1.165) is 18.4 Å². The Hall–Kier alpha value is -3.39. The first-order chi connectivity index (χ1) is 15.5. The summed E-state index contributed by atoms with van der Waals surface area (Å²) in [6, 6.07) is 16.9. The van der Waals surface area contributed by atoms with Crippen molar-refractivity contribution in [1.29, 1.82) is 0 Å². The van der Waals surface area contributed by atoms with Crippen molar-refractivity contribution in [3.8, 4) is 0 Å². The molecular formula is C24H24BrN3O4. The number of anilines is 1. The van der Waals surface area contributed by atoms with Crippen molar-refractivity contribution >= 4 is 39.3 Å². The van der Waals surface area contributed by atoms with Crippen molar-refractivity contribution in [2.24, 2.45) is 0 Å². The fraction of sp³-hybridized carbons (Fsp3) is 0.208. The smallest absolute Gasteiger partial charge is 0.291 e.